The van der Waals surface area contributed by atoms with Gasteiger partial charge in [-0.3, -0.25) is 9.59 Å². The Labute approximate surface area is 160 Å². The van der Waals surface area contributed by atoms with Crippen molar-refractivity contribution in [3.63, 3.8) is 0 Å². The lowest BCUT2D eigenvalue weighted by atomic mass is 10.2. The summed E-state index contributed by atoms with van der Waals surface area (Å²) in [5.74, 6) is -1.69. The molecule has 0 saturated heterocycles. The van der Waals surface area contributed by atoms with Crippen molar-refractivity contribution in [3.8, 4) is 5.69 Å². The van der Waals surface area contributed by atoms with Crippen molar-refractivity contribution >= 4 is 23.5 Å². The molecule has 9 nitrogen and oxygen atoms in total. The van der Waals surface area contributed by atoms with Crippen LogP contribution < -0.4 is 11.1 Å². The highest BCUT2D eigenvalue weighted by molar-refractivity contribution is 5.98. The Balaban J connectivity index is 1.58. The Morgan fingerprint density at radius 3 is 2.25 bits per heavy atom. The number of carbonyl (C=O) groups is 3. The fraction of sp³-hybridized carbons (Fsp3) is 0.105. The number of nitrogens with one attached hydrogen (secondary N) is 1. The molecular weight excluding hydrogens is 362 g/mol. The number of nitrogens with two attached hydrogens (primary N) is 1. The average Bonchev–Trinajstić information content (AvgIpc) is 3.23. The molecule has 3 rings (SSSR count). The second kappa shape index (κ2) is 8.12. The average molecular weight is 379 g/mol. The Morgan fingerprint density at radius 2 is 1.68 bits per heavy atom. The van der Waals surface area contributed by atoms with E-state index in [0.717, 1.165) is 5.69 Å². The van der Waals surface area contributed by atoms with Crippen LogP contribution in [0.4, 0.5) is 5.69 Å². The summed E-state index contributed by atoms with van der Waals surface area (Å²) in [5.41, 5.74) is 6.98. The number of esters is 1. The van der Waals surface area contributed by atoms with E-state index in [0.29, 0.717) is 16.8 Å². The maximum absolute atomic E-state index is 12.2. The molecule has 0 aliphatic carbocycles. The van der Waals surface area contributed by atoms with Crippen molar-refractivity contribution in [2.75, 3.05) is 5.32 Å². The zero-order chi connectivity index (χ0) is 20.1. The van der Waals surface area contributed by atoms with Crippen molar-refractivity contribution in [1.82, 2.24) is 14.8 Å². The molecule has 28 heavy (non-hydrogen) atoms. The van der Waals surface area contributed by atoms with Gasteiger partial charge in [0.1, 0.15) is 12.7 Å². The minimum absolute atomic E-state index is 0.300. The van der Waals surface area contributed by atoms with Gasteiger partial charge in [0.2, 0.25) is 5.91 Å². The predicted molar refractivity (Wildman–Crippen MR) is 99.8 cm³/mol. The van der Waals surface area contributed by atoms with Gasteiger partial charge in [0.25, 0.3) is 5.91 Å². The summed E-state index contributed by atoms with van der Waals surface area (Å²) in [6, 6.07) is 12.6. The van der Waals surface area contributed by atoms with Gasteiger partial charge in [-0.25, -0.2) is 14.5 Å². The first-order chi connectivity index (χ1) is 13.4. The smallest absolute Gasteiger partial charge is 0.338 e. The molecule has 2 aromatic carbocycles. The summed E-state index contributed by atoms with van der Waals surface area (Å²) >= 11 is 0. The minimum Gasteiger partial charge on any atom is -0.449 e. The zero-order valence-electron chi connectivity index (χ0n) is 14.9. The first-order valence-corrected chi connectivity index (χ1v) is 8.31. The SMILES string of the molecule is C[C@H](OC(=O)c1ccc(-n2cncn2)cc1)C(=O)Nc1ccc(C(N)=O)cc1. The summed E-state index contributed by atoms with van der Waals surface area (Å²) in [4.78, 5) is 39.4. The van der Waals surface area contributed by atoms with Crippen LogP contribution in [0.1, 0.15) is 27.6 Å². The number of rotatable bonds is 6. The number of benzene rings is 2. The highest BCUT2D eigenvalue weighted by Gasteiger charge is 2.19. The quantitative estimate of drug-likeness (QED) is 0.625. The summed E-state index contributed by atoms with van der Waals surface area (Å²) in [6.07, 6.45) is 1.93. The summed E-state index contributed by atoms with van der Waals surface area (Å²) in [6.45, 7) is 1.47. The van der Waals surface area contributed by atoms with Gasteiger partial charge in [-0.2, -0.15) is 5.10 Å². The summed E-state index contributed by atoms with van der Waals surface area (Å²) in [7, 11) is 0. The van der Waals surface area contributed by atoms with E-state index in [9.17, 15) is 14.4 Å². The topological polar surface area (TPSA) is 129 Å². The van der Waals surface area contributed by atoms with Gasteiger partial charge in [-0.1, -0.05) is 0 Å². The van der Waals surface area contributed by atoms with Crippen LogP contribution in [0.5, 0.6) is 0 Å². The highest BCUT2D eigenvalue weighted by Crippen LogP contribution is 2.12. The van der Waals surface area contributed by atoms with Crippen LogP contribution >= 0.6 is 0 Å². The number of carbonyl (C=O) groups excluding carboxylic acids is 3. The van der Waals surface area contributed by atoms with E-state index < -0.39 is 23.9 Å². The molecule has 2 amide bonds. The zero-order valence-corrected chi connectivity index (χ0v) is 14.9. The van der Waals surface area contributed by atoms with Gasteiger partial charge >= 0.3 is 5.97 Å². The number of hydrogen-bond acceptors (Lipinski definition) is 6. The summed E-state index contributed by atoms with van der Waals surface area (Å²) in [5, 5.41) is 6.60. The number of anilines is 1. The van der Waals surface area contributed by atoms with E-state index >= 15 is 0 Å². The van der Waals surface area contributed by atoms with Gasteiger partial charge < -0.3 is 15.8 Å². The second-order valence-corrected chi connectivity index (χ2v) is 5.87. The van der Waals surface area contributed by atoms with Gasteiger partial charge in [-0.15, -0.1) is 0 Å². The molecule has 1 aromatic heterocycles. The molecule has 3 N–H and O–H groups in total. The molecule has 1 heterocycles. The van der Waals surface area contributed by atoms with E-state index in [2.05, 4.69) is 15.4 Å². The van der Waals surface area contributed by atoms with Crippen LogP contribution in [-0.2, 0) is 9.53 Å². The van der Waals surface area contributed by atoms with Gasteiger partial charge in [-0.05, 0) is 55.5 Å². The second-order valence-electron chi connectivity index (χ2n) is 5.87. The number of hydrogen-bond donors (Lipinski definition) is 2. The molecule has 1 atom stereocenters. The molecule has 0 spiro atoms. The van der Waals surface area contributed by atoms with Crippen molar-refractivity contribution in [2.45, 2.75) is 13.0 Å². The van der Waals surface area contributed by atoms with Crippen molar-refractivity contribution in [3.05, 3.63) is 72.3 Å². The fourth-order valence-electron chi connectivity index (χ4n) is 2.34. The van der Waals surface area contributed by atoms with Gasteiger partial charge in [0.15, 0.2) is 6.10 Å². The van der Waals surface area contributed by atoms with Crippen molar-refractivity contribution in [2.24, 2.45) is 5.73 Å². The lowest BCUT2D eigenvalue weighted by Gasteiger charge is -2.14. The minimum atomic E-state index is -1.02. The third-order valence-electron chi connectivity index (χ3n) is 3.88. The van der Waals surface area contributed by atoms with Crippen molar-refractivity contribution < 1.29 is 19.1 Å². The third-order valence-corrected chi connectivity index (χ3v) is 3.88. The molecule has 0 aliphatic rings. The molecule has 0 aliphatic heterocycles. The van der Waals surface area contributed by atoms with Gasteiger partial charge in [0.05, 0.1) is 11.3 Å². The lowest BCUT2D eigenvalue weighted by Crippen LogP contribution is -2.30. The molecule has 0 radical (unpaired) electrons. The van der Waals surface area contributed by atoms with Crippen molar-refractivity contribution in [1.29, 1.82) is 0 Å². The maximum Gasteiger partial charge on any atom is 0.338 e. The Bertz CT molecular complexity index is 982. The Kier molecular flexibility index (Phi) is 5.45. The normalized spacial score (nSPS) is 11.5. The number of nitrogens with zero attached hydrogens (tertiary/aromatic N) is 3. The molecule has 0 fully saturated rings. The van der Waals surface area contributed by atoms with E-state index in [-0.39, 0.29) is 0 Å². The first kappa shape index (κ1) is 18.8. The fourth-order valence-corrected chi connectivity index (χ4v) is 2.34. The first-order valence-electron chi connectivity index (χ1n) is 8.31. The molecule has 0 bridgehead atoms. The summed E-state index contributed by atoms with van der Waals surface area (Å²) < 4.78 is 6.75. The number of ether oxygens (including phenoxy) is 1. The molecule has 9 heteroatoms. The van der Waals surface area contributed by atoms with E-state index in [1.54, 1.807) is 28.9 Å². The van der Waals surface area contributed by atoms with Crippen LogP contribution in [0.2, 0.25) is 0 Å². The largest absolute Gasteiger partial charge is 0.449 e. The molecule has 0 unspecified atom stereocenters. The van der Waals surface area contributed by atoms with Crippen LogP contribution in [0.25, 0.3) is 5.69 Å². The lowest BCUT2D eigenvalue weighted by molar-refractivity contribution is -0.123. The van der Waals surface area contributed by atoms with Crippen LogP contribution in [-0.4, -0.2) is 38.7 Å². The van der Waals surface area contributed by atoms with Crippen LogP contribution in [0.15, 0.2) is 61.2 Å². The molecular formula is C19H17N5O4. The Morgan fingerprint density at radius 1 is 1.04 bits per heavy atom. The third kappa shape index (κ3) is 4.39. The van der Waals surface area contributed by atoms with Crippen LogP contribution in [0, 0.1) is 0 Å². The van der Waals surface area contributed by atoms with E-state index in [1.807, 2.05) is 0 Å². The molecule has 142 valence electrons. The number of amides is 2. The standard InChI is InChI=1S/C19H17N5O4/c1-12(18(26)23-15-6-2-13(3-7-15)17(20)25)28-19(27)14-4-8-16(9-5-14)24-11-21-10-22-24/h2-12H,1H3,(H2,20,25)(H,23,26)/t12-/m0/s1. The molecule has 3 aromatic rings. The maximum atomic E-state index is 12.2. The number of aromatic nitrogens is 3. The Hall–Kier alpha value is -4.01. The predicted octanol–water partition coefficient (Wildman–Crippen LogP) is 1.55. The van der Waals surface area contributed by atoms with Gasteiger partial charge in [0, 0.05) is 11.3 Å². The number of primary amides is 1. The van der Waals surface area contributed by atoms with Crippen LogP contribution in [0.3, 0.4) is 0 Å². The molecule has 0 saturated carbocycles. The monoisotopic (exact) mass is 379 g/mol. The highest BCUT2D eigenvalue weighted by atomic mass is 16.5. The van der Waals surface area contributed by atoms with E-state index in [1.165, 1.54) is 43.8 Å². The van der Waals surface area contributed by atoms with E-state index in [4.69, 9.17) is 10.5 Å².